The number of fused-ring (bicyclic) bond motifs is 1. The predicted octanol–water partition coefficient (Wildman–Crippen LogP) is 2.57. The van der Waals surface area contributed by atoms with Gasteiger partial charge in [-0.15, -0.1) is 10.2 Å². The van der Waals surface area contributed by atoms with Crippen LogP contribution in [-0.4, -0.2) is 71.9 Å². The van der Waals surface area contributed by atoms with Crippen LogP contribution in [0.15, 0.2) is 23.4 Å². The Balaban J connectivity index is 1.66. The third-order valence-corrected chi connectivity index (χ3v) is 9.28. The molecule has 2 fully saturated rings. The van der Waals surface area contributed by atoms with Crippen LogP contribution in [0.4, 0.5) is 14.5 Å². The predicted molar refractivity (Wildman–Crippen MR) is 137 cm³/mol. The second-order valence-corrected chi connectivity index (χ2v) is 13.2. The molecule has 0 amide bonds. The maximum atomic E-state index is 13.6. The van der Waals surface area contributed by atoms with Gasteiger partial charge in [0.25, 0.3) is 6.43 Å². The topological polar surface area (TPSA) is 138 Å². The maximum Gasteiger partial charge on any atom is 0.291 e. The number of hydrogen-bond donors (Lipinski definition) is 2. The molecule has 3 aromatic heterocycles. The average Bonchev–Trinajstić information content (AvgIpc) is 3.21. The van der Waals surface area contributed by atoms with E-state index < -0.39 is 27.0 Å². The average molecular weight is 567 g/mol. The van der Waals surface area contributed by atoms with Gasteiger partial charge in [0, 0.05) is 38.0 Å². The van der Waals surface area contributed by atoms with E-state index in [0.29, 0.717) is 48.7 Å². The Kier molecular flexibility index (Phi) is 6.67. The van der Waals surface area contributed by atoms with Crippen molar-refractivity contribution >= 4 is 32.6 Å². The Morgan fingerprint density at radius 2 is 2.13 bits per heavy atom. The largest absolute Gasteiger partial charge is 0.383 e. The quantitative estimate of drug-likeness (QED) is 0.421. The van der Waals surface area contributed by atoms with E-state index in [4.69, 9.17) is 4.74 Å². The lowest BCUT2D eigenvalue weighted by molar-refractivity contribution is 0.140. The fraction of sp³-hybridized carbons (Fsp3) is 0.565. The number of aromatic nitrogens is 4. The minimum absolute atomic E-state index is 0.0319. The van der Waals surface area contributed by atoms with Crippen molar-refractivity contribution in [1.82, 2.24) is 29.6 Å². The first-order valence-corrected chi connectivity index (χ1v) is 14.3. The van der Waals surface area contributed by atoms with Crippen LogP contribution in [0.3, 0.4) is 0 Å². The summed E-state index contributed by atoms with van der Waals surface area (Å²) in [5.74, 6) is 0.0764. The molecule has 1 saturated carbocycles. The minimum atomic E-state index is -4.13. The summed E-state index contributed by atoms with van der Waals surface area (Å²) in [5.41, 5.74) is -0.307. The summed E-state index contributed by atoms with van der Waals surface area (Å²) in [4.78, 5) is 6.40. The van der Waals surface area contributed by atoms with Crippen LogP contribution in [-0.2, 0) is 14.8 Å². The van der Waals surface area contributed by atoms with Gasteiger partial charge in [-0.2, -0.15) is 9.98 Å². The van der Waals surface area contributed by atoms with E-state index in [2.05, 4.69) is 36.2 Å². The monoisotopic (exact) mass is 566 g/mol. The van der Waals surface area contributed by atoms with Gasteiger partial charge in [0.15, 0.2) is 15.8 Å². The Bertz CT molecular complexity index is 1520. The molecule has 0 spiro atoms. The summed E-state index contributed by atoms with van der Waals surface area (Å²) in [6.45, 7) is 7.42. The van der Waals surface area contributed by atoms with E-state index in [1.54, 1.807) is 19.4 Å². The molecule has 2 N–H and O–H groups in total. The molecule has 4 heterocycles. The van der Waals surface area contributed by atoms with Crippen LogP contribution in [0.25, 0.3) is 16.3 Å². The number of nitriles is 1. The lowest BCUT2D eigenvalue weighted by Gasteiger charge is -2.45. The second kappa shape index (κ2) is 9.45. The van der Waals surface area contributed by atoms with Crippen molar-refractivity contribution in [1.29, 1.82) is 5.26 Å². The van der Waals surface area contributed by atoms with Crippen molar-refractivity contribution in [3.8, 4) is 16.9 Å². The molecule has 5 rings (SSSR count). The number of rotatable bonds is 8. The first-order chi connectivity index (χ1) is 17.9. The van der Waals surface area contributed by atoms with E-state index in [1.165, 1.54) is 10.6 Å². The Morgan fingerprint density at radius 3 is 2.74 bits per heavy atom. The first kappa shape index (κ1) is 26.8. The molecule has 2 aliphatic rings. The molecule has 38 heavy (non-hydrogen) atoms. The van der Waals surface area contributed by atoms with E-state index in [1.807, 2.05) is 20.8 Å². The van der Waals surface area contributed by atoms with Crippen molar-refractivity contribution in [2.45, 2.75) is 55.6 Å². The van der Waals surface area contributed by atoms with Gasteiger partial charge in [-0.05, 0) is 32.3 Å². The molecule has 0 bridgehead atoms. The number of sulfonamides is 1. The SMILES string of the molecule is COCC1CN(c2cc(S(=O)(=O)NC3(C#N)CC3C)cn3c(-c4nnc(C(F)F)s4)ncc23)CC(C)(C)N1. The molecule has 15 heteroatoms. The highest BCUT2D eigenvalue weighted by Gasteiger charge is 2.54. The lowest BCUT2D eigenvalue weighted by Crippen LogP contribution is -2.63. The number of ether oxygens (including phenoxy) is 1. The smallest absolute Gasteiger partial charge is 0.291 e. The highest BCUT2D eigenvalue weighted by Crippen LogP contribution is 2.44. The van der Waals surface area contributed by atoms with E-state index in [-0.39, 0.29) is 33.2 Å². The third-order valence-electron chi connectivity index (χ3n) is 6.88. The number of alkyl halides is 2. The fourth-order valence-corrected chi connectivity index (χ4v) is 7.13. The van der Waals surface area contributed by atoms with Crippen LogP contribution >= 0.6 is 11.3 Å². The molecule has 1 aliphatic carbocycles. The molecule has 0 aromatic carbocycles. The Labute approximate surface area is 222 Å². The van der Waals surface area contributed by atoms with Crippen LogP contribution in [0.5, 0.6) is 0 Å². The van der Waals surface area contributed by atoms with Crippen LogP contribution < -0.4 is 14.9 Å². The molecule has 3 aromatic rings. The van der Waals surface area contributed by atoms with Crippen molar-refractivity contribution in [3.05, 3.63) is 23.5 Å². The number of pyridine rings is 1. The van der Waals surface area contributed by atoms with Crippen molar-refractivity contribution in [3.63, 3.8) is 0 Å². The van der Waals surface area contributed by atoms with Gasteiger partial charge in [0.05, 0.1) is 30.1 Å². The molecule has 3 atom stereocenters. The van der Waals surface area contributed by atoms with Gasteiger partial charge in [-0.25, -0.2) is 22.2 Å². The zero-order valence-corrected chi connectivity index (χ0v) is 22.9. The fourth-order valence-electron chi connectivity index (χ4n) is 5.00. The second-order valence-electron chi connectivity index (χ2n) is 10.5. The third kappa shape index (κ3) is 4.87. The number of imidazole rings is 1. The van der Waals surface area contributed by atoms with E-state index >= 15 is 0 Å². The van der Waals surface area contributed by atoms with Crippen LogP contribution in [0.1, 0.15) is 38.6 Å². The standard InChI is InChI=1S/C23H28F2N8O3S2/c1-13-6-23(13,11-26)31-38(34,35)15-5-16(32-8-14(10-36-4)28-22(2,3)12-32)17-7-27-19(33(17)9-15)21-30-29-20(37-21)18(24)25/h5,7,9,13-14,18,28,31H,6,8,10,12H2,1-4H3. The Morgan fingerprint density at radius 1 is 1.39 bits per heavy atom. The summed E-state index contributed by atoms with van der Waals surface area (Å²) in [6.07, 6.45) is 0.579. The Hall–Kier alpha value is -2.77. The van der Waals surface area contributed by atoms with Crippen LogP contribution in [0.2, 0.25) is 0 Å². The normalized spacial score (nSPS) is 25.2. The number of halogens is 2. The number of piperazine rings is 1. The molecule has 3 unspecified atom stereocenters. The lowest BCUT2D eigenvalue weighted by atomic mass is 9.98. The highest BCUT2D eigenvalue weighted by molar-refractivity contribution is 7.89. The molecular formula is C23H28F2N8O3S2. The summed E-state index contributed by atoms with van der Waals surface area (Å²) in [6, 6.07) is 3.62. The molecular weight excluding hydrogens is 538 g/mol. The van der Waals surface area contributed by atoms with Gasteiger partial charge in [0.2, 0.25) is 10.0 Å². The van der Waals surface area contributed by atoms with E-state index in [0.717, 1.165) is 0 Å². The summed E-state index contributed by atoms with van der Waals surface area (Å²) in [5, 5.41) is 20.3. The summed E-state index contributed by atoms with van der Waals surface area (Å²) >= 11 is 0.695. The molecule has 1 aliphatic heterocycles. The maximum absolute atomic E-state index is 13.6. The number of methoxy groups -OCH3 is 1. The molecule has 11 nitrogen and oxygen atoms in total. The van der Waals surface area contributed by atoms with Crippen molar-refractivity contribution < 1.29 is 21.9 Å². The van der Waals surface area contributed by atoms with Gasteiger partial charge in [-0.1, -0.05) is 18.3 Å². The molecule has 1 saturated heterocycles. The number of nitrogens with one attached hydrogen (secondary N) is 2. The number of hydrogen-bond acceptors (Lipinski definition) is 10. The number of anilines is 1. The molecule has 204 valence electrons. The van der Waals surface area contributed by atoms with Crippen LogP contribution in [0, 0.1) is 17.2 Å². The van der Waals surface area contributed by atoms with Gasteiger partial charge >= 0.3 is 0 Å². The zero-order chi connectivity index (χ0) is 27.5. The van der Waals surface area contributed by atoms with Gasteiger partial charge in [0.1, 0.15) is 10.4 Å². The minimum Gasteiger partial charge on any atom is -0.383 e. The summed E-state index contributed by atoms with van der Waals surface area (Å²) < 4.78 is 63.0. The van der Waals surface area contributed by atoms with Crippen molar-refractivity contribution in [2.24, 2.45) is 5.92 Å². The first-order valence-electron chi connectivity index (χ1n) is 12.0. The number of nitrogens with zero attached hydrogens (tertiary/aromatic N) is 6. The van der Waals surface area contributed by atoms with Gasteiger partial charge < -0.3 is 15.0 Å². The van der Waals surface area contributed by atoms with Crippen molar-refractivity contribution in [2.75, 3.05) is 31.7 Å². The summed E-state index contributed by atoms with van der Waals surface area (Å²) in [7, 11) is -2.51. The zero-order valence-electron chi connectivity index (χ0n) is 21.3. The van der Waals surface area contributed by atoms with E-state index in [9.17, 15) is 22.5 Å². The molecule has 0 radical (unpaired) electrons. The van der Waals surface area contributed by atoms with Gasteiger partial charge in [-0.3, -0.25) is 4.40 Å². The highest BCUT2D eigenvalue weighted by atomic mass is 32.2.